The molecule has 0 spiro atoms. The lowest BCUT2D eigenvalue weighted by atomic mass is 10.0. The number of aryl methyl sites for hydroxylation is 1. The fourth-order valence-electron chi connectivity index (χ4n) is 3.36. The molecule has 24 heavy (non-hydrogen) atoms. The summed E-state index contributed by atoms with van der Waals surface area (Å²) in [5, 5.41) is 6.69. The molecule has 0 N–H and O–H groups in total. The Morgan fingerprint density at radius 1 is 1.08 bits per heavy atom. The summed E-state index contributed by atoms with van der Waals surface area (Å²) in [5.74, 6) is 0.145. The second-order valence-electron chi connectivity index (χ2n) is 6.03. The first kappa shape index (κ1) is 15.1. The van der Waals surface area contributed by atoms with Crippen molar-refractivity contribution in [2.75, 3.05) is 13.1 Å². The zero-order valence-corrected chi connectivity index (χ0v) is 14.4. The van der Waals surface area contributed by atoms with E-state index in [1.54, 1.807) is 0 Å². The van der Waals surface area contributed by atoms with Gasteiger partial charge in [-0.3, -0.25) is 9.48 Å². The second kappa shape index (κ2) is 6.24. The van der Waals surface area contributed by atoms with Gasteiger partial charge in [-0.1, -0.05) is 36.4 Å². The van der Waals surface area contributed by atoms with E-state index in [1.165, 1.54) is 22.6 Å². The van der Waals surface area contributed by atoms with Gasteiger partial charge < -0.3 is 4.90 Å². The van der Waals surface area contributed by atoms with Gasteiger partial charge in [0.1, 0.15) is 0 Å². The van der Waals surface area contributed by atoms with Crippen molar-refractivity contribution in [3.8, 4) is 11.3 Å². The quantitative estimate of drug-likeness (QED) is 0.719. The van der Waals surface area contributed by atoms with Crippen LogP contribution < -0.4 is 0 Å². The summed E-state index contributed by atoms with van der Waals surface area (Å²) in [7, 11) is 2.00. The predicted molar refractivity (Wildman–Crippen MR) is 96.3 cm³/mol. The molecule has 3 aromatic rings. The Morgan fingerprint density at radius 2 is 1.88 bits per heavy atom. The van der Waals surface area contributed by atoms with Crippen molar-refractivity contribution >= 4 is 17.2 Å². The first-order valence-corrected chi connectivity index (χ1v) is 9.05. The molecule has 2 aromatic heterocycles. The fourth-order valence-corrected chi connectivity index (χ4v) is 4.06. The van der Waals surface area contributed by atoms with E-state index in [2.05, 4.69) is 12.1 Å². The highest BCUT2D eigenvalue weighted by molar-refractivity contribution is 7.12. The monoisotopic (exact) mass is 337 g/mol. The third-order valence-electron chi connectivity index (χ3n) is 4.59. The van der Waals surface area contributed by atoms with Crippen LogP contribution in [0.3, 0.4) is 0 Å². The summed E-state index contributed by atoms with van der Waals surface area (Å²) in [6, 6.07) is 14.1. The summed E-state index contributed by atoms with van der Waals surface area (Å²) in [5.41, 5.74) is 4.73. The number of amides is 1. The molecule has 1 aliphatic heterocycles. The van der Waals surface area contributed by atoms with Crippen LogP contribution in [0.5, 0.6) is 0 Å². The molecule has 0 unspecified atom stereocenters. The number of rotatable bonds is 2. The van der Waals surface area contributed by atoms with Gasteiger partial charge in [-0.25, -0.2) is 0 Å². The first-order chi connectivity index (χ1) is 11.7. The summed E-state index contributed by atoms with van der Waals surface area (Å²) >= 11 is 1.51. The zero-order chi connectivity index (χ0) is 16.5. The molecular formula is C19H19N3OS. The molecule has 1 aromatic carbocycles. The van der Waals surface area contributed by atoms with Crippen molar-refractivity contribution in [1.29, 1.82) is 0 Å². The van der Waals surface area contributed by atoms with Crippen LogP contribution in [0.4, 0.5) is 0 Å². The van der Waals surface area contributed by atoms with Crippen molar-refractivity contribution in [2.45, 2.75) is 12.8 Å². The minimum atomic E-state index is 0.145. The van der Waals surface area contributed by atoms with Crippen molar-refractivity contribution in [2.24, 2.45) is 7.05 Å². The number of benzene rings is 1. The molecule has 4 nitrogen and oxygen atoms in total. The SMILES string of the molecule is Cn1nc(-c2ccccc2)c2c1CCN(C(=O)c1cccs1)CC2. The van der Waals surface area contributed by atoms with Gasteiger partial charge in [-0.05, 0) is 17.9 Å². The van der Waals surface area contributed by atoms with Crippen molar-refractivity contribution in [3.63, 3.8) is 0 Å². The standard InChI is InChI=1S/C19H19N3OS/c1-21-16-10-12-22(19(23)17-8-5-13-24-17)11-9-15(16)18(20-21)14-6-3-2-4-7-14/h2-8,13H,9-12H2,1H3. The molecule has 1 aliphatic rings. The summed E-state index contributed by atoms with van der Waals surface area (Å²) < 4.78 is 1.98. The lowest BCUT2D eigenvalue weighted by Crippen LogP contribution is -2.33. The molecule has 0 saturated carbocycles. The zero-order valence-electron chi connectivity index (χ0n) is 13.6. The number of aromatic nitrogens is 2. The fraction of sp³-hybridized carbons (Fsp3) is 0.263. The Bertz CT molecular complexity index is 852. The maximum atomic E-state index is 12.6. The number of thiophene rings is 1. The highest BCUT2D eigenvalue weighted by Crippen LogP contribution is 2.28. The minimum absolute atomic E-state index is 0.145. The number of carbonyl (C=O) groups excluding carboxylic acids is 1. The number of hydrogen-bond acceptors (Lipinski definition) is 3. The van der Waals surface area contributed by atoms with Gasteiger partial charge in [-0.15, -0.1) is 11.3 Å². The van der Waals surface area contributed by atoms with Gasteiger partial charge in [0.05, 0.1) is 10.6 Å². The summed E-state index contributed by atoms with van der Waals surface area (Å²) in [4.78, 5) is 15.4. The van der Waals surface area contributed by atoms with Crippen LogP contribution in [0.25, 0.3) is 11.3 Å². The van der Waals surface area contributed by atoms with E-state index in [1.807, 2.05) is 52.3 Å². The lowest BCUT2D eigenvalue weighted by molar-refractivity contribution is 0.0767. The number of carbonyl (C=O) groups is 1. The molecule has 3 heterocycles. The smallest absolute Gasteiger partial charge is 0.263 e. The third-order valence-corrected chi connectivity index (χ3v) is 5.45. The van der Waals surface area contributed by atoms with Gasteiger partial charge >= 0.3 is 0 Å². The highest BCUT2D eigenvalue weighted by Gasteiger charge is 2.25. The van der Waals surface area contributed by atoms with Crippen LogP contribution in [0, 0.1) is 0 Å². The Hall–Kier alpha value is -2.40. The Labute approximate surface area is 145 Å². The third kappa shape index (κ3) is 2.65. The van der Waals surface area contributed by atoms with E-state index in [0.29, 0.717) is 0 Å². The van der Waals surface area contributed by atoms with Crippen LogP contribution in [0.15, 0.2) is 47.8 Å². The number of nitrogens with zero attached hydrogens (tertiary/aromatic N) is 3. The van der Waals surface area contributed by atoms with Crippen molar-refractivity contribution in [1.82, 2.24) is 14.7 Å². The molecule has 0 radical (unpaired) electrons. The second-order valence-corrected chi connectivity index (χ2v) is 6.98. The Kier molecular flexibility index (Phi) is 3.94. The van der Waals surface area contributed by atoms with Crippen LogP contribution in [-0.2, 0) is 19.9 Å². The largest absolute Gasteiger partial charge is 0.337 e. The molecule has 0 fully saturated rings. The topological polar surface area (TPSA) is 38.1 Å². The van der Waals surface area contributed by atoms with E-state index in [4.69, 9.17) is 5.10 Å². The molecule has 0 atom stereocenters. The first-order valence-electron chi connectivity index (χ1n) is 8.17. The van der Waals surface area contributed by atoms with Gasteiger partial charge in [-0.2, -0.15) is 5.10 Å². The molecule has 0 saturated heterocycles. The van der Waals surface area contributed by atoms with Crippen LogP contribution in [0.1, 0.15) is 20.9 Å². The Morgan fingerprint density at radius 3 is 2.62 bits per heavy atom. The average Bonchev–Trinajstić information content (AvgIpc) is 3.18. The predicted octanol–water partition coefficient (Wildman–Crippen LogP) is 3.39. The Balaban J connectivity index is 1.63. The maximum absolute atomic E-state index is 12.6. The minimum Gasteiger partial charge on any atom is -0.337 e. The normalized spacial score (nSPS) is 14.3. The van der Waals surface area contributed by atoms with Gasteiger partial charge in [0.2, 0.25) is 0 Å². The molecule has 0 bridgehead atoms. The van der Waals surface area contributed by atoms with Crippen molar-refractivity contribution < 1.29 is 4.79 Å². The number of hydrogen-bond donors (Lipinski definition) is 0. The highest BCUT2D eigenvalue weighted by atomic mass is 32.1. The number of fused-ring (bicyclic) bond motifs is 1. The summed E-state index contributed by atoms with van der Waals surface area (Å²) in [6.07, 6.45) is 1.70. The van der Waals surface area contributed by atoms with Gasteiger partial charge in [0, 0.05) is 43.4 Å². The molecule has 5 heteroatoms. The molecule has 4 rings (SSSR count). The lowest BCUT2D eigenvalue weighted by Gasteiger charge is -2.19. The van der Waals surface area contributed by atoms with E-state index in [0.717, 1.165) is 42.1 Å². The van der Waals surface area contributed by atoms with E-state index in [-0.39, 0.29) is 5.91 Å². The van der Waals surface area contributed by atoms with Gasteiger partial charge in [0.15, 0.2) is 0 Å². The van der Waals surface area contributed by atoms with E-state index < -0.39 is 0 Å². The maximum Gasteiger partial charge on any atom is 0.263 e. The van der Waals surface area contributed by atoms with Crippen LogP contribution in [-0.4, -0.2) is 33.7 Å². The molecular weight excluding hydrogens is 318 g/mol. The van der Waals surface area contributed by atoms with Crippen molar-refractivity contribution in [3.05, 3.63) is 64.0 Å². The molecule has 122 valence electrons. The van der Waals surface area contributed by atoms with E-state index in [9.17, 15) is 4.79 Å². The molecule has 0 aliphatic carbocycles. The van der Waals surface area contributed by atoms with Gasteiger partial charge in [0.25, 0.3) is 5.91 Å². The van der Waals surface area contributed by atoms with E-state index >= 15 is 0 Å². The van der Waals surface area contributed by atoms with Crippen LogP contribution >= 0.6 is 11.3 Å². The molecule has 1 amide bonds. The average molecular weight is 337 g/mol. The summed E-state index contributed by atoms with van der Waals surface area (Å²) in [6.45, 7) is 1.49. The van der Waals surface area contributed by atoms with Crippen LogP contribution in [0.2, 0.25) is 0 Å².